The van der Waals surface area contributed by atoms with Gasteiger partial charge in [0.1, 0.15) is 5.82 Å². The Labute approximate surface area is 344 Å². The van der Waals surface area contributed by atoms with E-state index in [1.807, 2.05) is 72.9 Å². The summed E-state index contributed by atoms with van der Waals surface area (Å²) in [5, 5.41) is 33.7. The van der Waals surface area contributed by atoms with E-state index in [0.717, 1.165) is 82.7 Å². The van der Waals surface area contributed by atoms with E-state index in [1.165, 1.54) is 0 Å². The van der Waals surface area contributed by atoms with E-state index in [1.54, 1.807) is 30.3 Å². The van der Waals surface area contributed by atoms with Crippen LogP contribution in [0.15, 0.2) is 158 Å². The Morgan fingerprint density at radius 2 is 0.967 bits per heavy atom. The van der Waals surface area contributed by atoms with Crippen LogP contribution in [0.4, 0.5) is 11.4 Å². The zero-order valence-electron chi connectivity index (χ0n) is 31.6. The van der Waals surface area contributed by atoms with E-state index in [-0.39, 0.29) is 0 Å². The van der Waals surface area contributed by atoms with Crippen LogP contribution in [-0.2, 0) is 0 Å². The summed E-state index contributed by atoms with van der Waals surface area (Å²) < 4.78 is 4.34. The van der Waals surface area contributed by atoms with E-state index >= 15 is 0 Å². The van der Waals surface area contributed by atoms with Crippen molar-refractivity contribution >= 4 is 55.0 Å². The third-order valence-electron chi connectivity index (χ3n) is 11.0. The summed E-state index contributed by atoms with van der Waals surface area (Å²) in [6, 6.07) is 55.5. The Morgan fingerprint density at radius 1 is 0.433 bits per heavy atom. The first-order chi connectivity index (χ1) is 29.5. The number of para-hydroxylation sites is 2. The van der Waals surface area contributed by atoms with Crippen molar-refractivity contribution in [2.45, 2.75) is 0 Å². The number of nitrogens with zero attached hydrogens (tertiary/aromatic N) is 8. The number of fused-ring (bicyclic) bond motifs is 6. The maximum atomic E-state index is 10.0. The molecule has 0 N–H and O–H groups in total. The second-order valence-electron chi connectivity index (χ2n) is 14.4. The highest BCUT2D eigenvalue weighted by Crippen LogP contribution is 2.41. The van der Waals surface area contributed by atoms with Gasteiger partial charge in [0.05, 0.1) is 82.0 Å². The van der Waals surface area contributed by atoms with Gasteiger partial charge in [-0.1, -0.05) is 91.0 Å². The van der Waals surface area contributed by atoms with Crippen molar-refractivity contribution in [2.75, 3.05) is 0 Å². The monoisotopic (exact) mass is 762 g/mol. The lowest BCUT2D eigenvalue weighted by Crippen LogP contribution is -2.03. The normalized spacial score (nSPS) is 10.9. The predicted octanol–water partition coefficient (Wildman–Crippen LogP) is 13.0. The molecule has 0 aliphatic heterocycles. The molecule has 0 atom stereocenters. The summed E-state index contributed by atoms with van der Waals surface area (Å²) in [7, 11) is 0. The van der Waals surface area contributed by atoms with Crippen molar-refractivity contribution in [1.82, 2.24) is 14.1 Å². The second-order valence-corrected chi connectivity index (χ2v) is 14.4. The molecule has 274 valence electrons. The molecule has 3 aromatic heterocycles. The Hall–Kier alpha value is -9.26. The van der Waals surface area contributed by atoms with Gasteiger partial charge in [0.25, 0.3) is 0 Å². The lowest BCUT2D eigenvalue weighted by molar-refractivity contribution is 1.06. The predicted molar refractivity (Wildman–Crippen MR) is 236 cm³/mol. The van der Waals surface area contributed by atoms with Gasteiger partial charge in [-0.3, -0.25) is 4.57 Å². The molecule has 0 saturated carbocycles. The van der Waals surface area contributed by atoms with Crippen LogP contribution >= 0.6 is 0 Å². The third kappa shape index (κ3) is 5.69. The molecule has 3 heterocycles. The molecule has 0 bridgehead atoms. The molecule has 0 radical (unpaired) electrons. The fraction of sp³-hybridized carbons (Fsp3) is 0. The highest BCUT2D eigenvalue weighted by atomic mass is 15.1. The second kappa shape index (κ2) is 14.0. The molecule has 0 aliphatic carbocycles. The minimum atomic E-state index is 0.401. The van der Waals surface area contributed by atoms with Crippen molar-refractivity contribution in [1.29, 1.82) is 15.8 Å². The highest BCUT2D eigenvalue weighted by Gasteiger charge is 2.21. The number of pyridine rings is 1. The molecule has 0 aliphatic rings. The van der Waals surface area contributed by atoms with Crippen LogP contribution in [0, 0.1) is 47.1 Å². The van der Waals surface area contributed by atoms with Gasteiger partial charge in [-0.2, -0.15) is 15.8 Å². The zero-order chi connectivity index (χ0) is 40.9. The first-order valence-corrected chi connectivity index (χ1v) is 18.9. The molecule has 0 saturated heterocycles. The number of nitriles is 3. The molecule has 8 nitrogen and oxygen atoms in total. The molecular weight excluding hydrogens is 737 g/mol. The van der Waals surface area contributed by atoms with Gasteiger partial charge < -0.3 is 4.57 Å². The smallest absolute Gasteiger partial charge is 0.177 e. The maximum Gasteiger partial charge on any atom is 0.177 e. The largest absolute Gasteiger partial charge is 0.307 e. The first-order valence-electron chi connectivity index (χ1n) is 18.9. The topological polar surface area (TPSA) is 103 Å². The number of benzene rings is 7. The van der Waals surface area contributed by atoms with Gasteiger partial charge in [0.15, 0.2) is 11.4 Å². The number of aromatic nitrogens is 3. The molecule has 60 heavy (non-hydrogen) atoms. The van der Waals surface area contributed by atoms with Crippen LogP contribution in [0.1, 0.15) is 16.7 Å². The fourth-order valence-electron chi connectivity index (χ4n) is 8.35. The van der Waals surface area contributed by atoms with Crippen molar-refractivity contribution in [3.63, 3.8) is 0 Å². The average Bonchev–Trinajstić information content (AvgIpc) is 3.83. The van der Waals surface area contributed by atoms with Gasteiger partial charge in [0.2, 0.25) is 0 Å². The number of hydrogen-bond donors (Lipinski definition) is 0. The van der Waals surface area contributed by atoms with Gasteiger partial charge in [-0.15, -0.1) is 0 Å². The minimum Gasteiger partial charge on any atom is -0.307 e. The number of rotatable bonds is 5. The molecular formula is C52H26N8. The van der Waals surface area contributed by atoms with Crippen LogP contribution in [0.3, 0.4) is 0 Å². The molecule has 0 fully saturated rings. The van der Waals surface area contributed by atoms with Gasteiger partial charge in [-0.25, -0.2) is 14.7 Å². The summed E-state index contributed by atoms with van der Waals surface area (Å²) in [5.41, 5.74) is 11.6. The van der Waals surface area contributed by atoms with Crippen LogP contribution in [-0.4, -0.2) is 14.1 Å². The van der Waals surface area contributed by atoms with Gasteiger partial charge in [0, 0.05) is 27.1 Å². The summed E-state index contributed by atoms with van der Waals surface area (Å²) in [5.74, 6) is 0.659. The highest BCUT2D eigenvalue weighted by molar-refractivity contribution is 6.12. The lowest BCUT2D eigenvalue weighted by atomic mass is 9.99. The molecule has 0 amide bonds. The SMILES string of the molecule is [C-]#[N+]c1cc([N+]#[C-])cc(-c2ccc3c4ccccc4n(-c4cnc(-n5c6ccccc6c6ccc(-c7cc(C#N)cc(C#N)c7)cc65)cc4-c4cccc(C#N)c4)c3c2)c1. The maximum absolute atomic E-state index is 10.0. The Morgan fingerprint density at radius 3 is 1.57 bits per heavy atom. The van der Waals surface area contributed by atoms with Crippen molar-refractivity contribution < 1.29 is 0 Å². The van der Waals surface area contributed by atoms with Crippen LogP contribution in [0.25, 0.3) is 98.2 Å². The van der Waals surface area contributed by atoms with Crippen LogP contribution in [0.2, 0.25) is 0 Å². The van der Waals surface area contributed by atoms with Crippen LogP contribution < -0.4 is 0 Å². The molecule has 7 aromatic carbocycles. The minimum absolute atomic E-state index is 0.401. The van der Waals surface area contributed by atoms with E-state index in [4.69, 9.17) is 18.1 Å². The van der Waals surface area contributed by atoms with E-state index in [2.05, 4.69) is 91.6 Å². The fourth-order valence-corrected chi connectivity index (χ4v) is 8.35. The summed E-state index contributed by atoms with van der Waals surface area (Å²) in [6.07, 6.45) is 1.89. The third-order valence-corrected chi connectivity index (χ3v) is 11.0. The average molecular weight is 763 g/mol. The van der Waals surface area contributed by atoms with Gasteiger partial charge >= 0.3 is 0 Å². The van der Waals surface area contributed by atoms with Gasteiger partial charge in [-0.05, 0) is 88.5 Å². The van der Waals surface area contributed by atoms with Crippen molar-refractivity contribution in [2.24, 2.45) is 0 Å². The van der Waals surface area contributed by atoms with Crippen LogP contribution in [0.5, 0.6) is 0 Å². The van der Waals surface area contributed by atoms with E-state index < -0.39 is 0 Å². The lowest BCUT2D eigenvalue weighted by Gasteiger charge is -2.17. The van der Waals surface area contributed by atoms with E-state index in [0.29, 0.717) is 33.9 Å². The zero-order valence-corrected chi connectivity index (χ0v) is 31.6. The van der Waals surface area contributed by atoms with E-state index in [9.17, 15) is 15.8 Å². The molecule has 8 heteroatoms. The summed E-state index contributed by atoms with van der Waals surface area (Å²) in [6.45, 7) is 15.3. The molecule has 0 spiro atoms. The first kappa shape index (κ1) is 35.2. The summed E-state index contributed by atoms with van der Waals surface area (Å²) >= 11 is 0. The molecule has 0 unspecified atom stereocenters. The Bertz CT molecular complexity index is 3620. The number of hydrogen-bond acceptors (Lipinski definition) is 4. The quantitative estimate of drug-likeness (QED) is 0.163. The Kier molecular flexibility index (Phi) is 8.23. The Balaban J connectivity index is 1.26. The van der Waals surface area contributed by atoms with Crippen molar-refractivity contribution in [3.05, 3.63) is 197 Å². The van der Waals surface area contributed by atoms with Crippen molar-refractivity contribution in [3.8, 4) is 63.1 Å². The standard InChI is InChI=1S/C52H26N8/c1-56-40-22-39(23-41(26-40)57-2)36-15-16-44-42-10-3-5-12-47(42)59(49(44)24-36)51-31-58-52(27-46(51)37-9-7-8-32(19-37)28-53)60-48-13-6-4-11-43(48)45-17-14-35(25-50(45)60)38-20-33(29-54)18-34(21-38)30-55/h3-27,31H. The molecule has 10 rings (SSSR count). The molecule has 10 aromatic rings. The summed E-state index contributed by atoms with van der Waals surface area (Å²) in [4.78, 5) is 12.5.